The van der Waals surface area contributed by atoms with Crippen LogP contribution in [0.3, 0.4) is 0 Å². The lowest BCUT2D eigenvalue weighted by Crippen LogP contribution is -2.25. The van der Waals surface area contributed by atoms with Gasteiger partial charge in [-0.15, -0.1) is 0 Å². The van der Waals surface area contributed by atoms with Crippen LogP contribution in [-0.2, 0) is 11.2 Å². The van der Waals surface area contributed by atoms with Crippen molar-refractivity contribution >= 4 is 16.8 Å². The number of fused-ring (bicyclic) bond motifs is 1. The lowest BCUT2D eigenvalue weighted by molar-refractivity contribution is -0.121. The van der Waals surface area contributed by atoms with E-state index >= 15 is 0 Å². The van der Waals surface area contributed by atoms with Crippen molar-refractivity contribution in [3.05, 3.63) is 60.3 Å². The molecule has 0 saturated heterocycles. The lowest BCUT2D eigenvalue weighted by Gasteiger charge is -2.05. The van der Waals surface area contributed by atoms with E-state index in [1.165, 1.54) is 62.3 Å². The summed E-state index contributed by atoms with van der Waals surface area (Å²) < 4.78 is 0. The van der Waals surface area contributed by atoms with Crippen molar-refractivity contribution in [2.24, 2.45) is 0 Å². The van der Waals surface area contributed by atoms with Crippen LogP contribution in [-0.4, -0.2) is 17.4 Å². The monoisotopic (exact) mass is 422 g/mol. The van der Waals surface area contributed by atoms with Gasteiger partial charge in [-0.2, -0.15) is 0 Å². The van der Waals surface area contributed by atoms with E-state index < -0.39 is 0 Å². The van der Waals surface area contributed by atoms with Gasteiger partial charge >= 0.3 is 0 Å². The van der Waals surface area contributed by atoms with E-state index in [2.05, 4.69) is 65.9 Å². The number of rotatable bonds is 17. The first kappa shape index (κ1) is 25.0. The van der Waals surface area contributed by atoms with E-state index in [1.807, 2.05) is 6.07 Å². The Morgan fingerprint density at radius 1 is 0.903 bits per heavy atom. The summed E-state index contributed by atoms with van der Waals surface area (Å²) in [6, 6.07) is 8.31. The largest absolute Gasteiger partial charge is 0.361 e. The molecule has 1 amide bonds. The van der Waals surface area contributed by atoms with Crippen LogP contribution >= 0.6 is 0 Å². The Balaban J connectivity index is 1.39. The molecule has 31 heavy (non-hydrogen) atoms. The molecule has 2 N–H and O–H groups in total. The molecule has 0 aliphatic heterocycles. The molecule has 0 bridgehead atoms. The molecule has 0 fully saturated rings. The van der Waals surface area contributed by atoms with Crippen LogP contribution in [0.1, 0.15) is 89.5 Å². The normalized spacial score (nSPS) is 11.8. The predicted octanol–water partition coefficient (Wildman–Crippen LogP) is 7.64. The fraction of sp³-hybridized carbons (Fsp3) is 0.536. The first-order valence-electron chi connectivity index (χ1n) is 12.4. The molecule has 0 aliphatic carbocycles. The molecule has 2 aromatic rings. The van der Waals surface area contributed by atoms with Gasteiger partial charge in [0.1, 0.15) is 0 Å². The minimum Gasteiger partial charge on any atom is -0.361 e. The van der Waals surface area contributed by atoms with Crippen LogP contribution < -0.4 is 5.32 Å². The molecule has 1 aromatic heterocycles. The summed E-state index contributed by atoms with van der Waals surface area (Å²) in [5.41, 5.74) is 2.43. The molecule has 2 rings (SSSR count). The molecule has 3 nitrogen and oxygen atoms in total. The molecule has 3 heteroatoms. The van der Waals surface area contributed by atoms with Crippen molar-refractivity contribution in [3.8, 4) is 0 Å². The van der Waals surface area contributed by atoms with Gasteiger partial charge in [-0.1, -0.05) is 81.5 Å². The predicted molar refractivity (Wildman–Crippen MR) is 134 cm³/mol. The van der Waals surface area contributed by atoms with Crippen LogP contribution in [0.25, 0.3) is 10.9 Å². The third-order valence-electron chi connectivity index (χ3n) is 5.75. The number of nitrogens with one attached hydrogen (secondary N) is 2. The smallest absolute Gasteiger partial charge is 0.220 e. The second kappa shape index (κ2) is 16.4. The Morgan fingerprint density at radius 2 is 1.61 bits per heavy atom. The minimum absolute atomic E-state index is 0.186. The number of aromatic amines is 1. The lowest BCUT2D eigenvalue weighted by atomic mass is 10.1. The number of unbranched alkanes of at least 4 members (excludes halogenated alkanes) is 8. The van der Waals surface area contributed by atoms with Gasteiger partial charge in [-0.05, 0) is 56.6 Å². The van der Waals surface area contributed by atoms with Gasteiger partial charge in [0.05, 0.1) is 0 Å². The number of allylic oxidation sites excluding steroid dienone is 4. The maximum Gasteiger partial charge on any atom is 0.220 e. The summed E-state index contributed by atoms with van der Waals surface area (Å²) in [6.45, 7) is 2.96. The van der Waals surface area contributed by atoms with Gasteiger partial charge in [0.2, 0.25) is 5.91 Å². The maximum absolute atomic E-state index is 12.0. The summed E-state index contributed by atoms with van der Waals surface area (Å²) in [5, 5.41) is 4.32. The van der Waals surface area contributed by atoms with E-state index in [0.29, 0.717) is 13.0 Å². The first-order valence-corrected chi connectivity index (χ1v) is 12.4. The van der Waals surface area contributed by atoms with Crippen molar-refractivity contribution in [3.63, 3.8) is 0 Å². The Hall–Kier alpha value is -2.29. The number of aromatic nitrogens is 1. The highest BCUT2D eigenvalue weighted by Crippen LogP contribution is 2.17. The Labute approximate surface area is 189 Å². The van der Waals surface area contributed by atoms with Gasteiger partial charge in [-0.3, -0.25) is 4.79 Å². The molecule has 1 aromatic carbocycles. The van der Waals surface area contributed by atoms with Gasteiger partial charge in [-0.25, -0.2) is 0 Å². The van der Waals surface area contributed by atoms with Gasteiger partial charge in [0.15, 0.2) is 0 Å². The summed E-state index contributed by atoms with van der Waals surface area (Å²) in [5.74, 6) is 0.186. The zero-order chi connectivity index (χ0) is 22.0. The highest BCUT2D eigenvalue weighted by Gasteiger charge is 2.04. The molecule has 0 radical (unpaired) electrons. The van der Waals surface area contributed by atoms with Crippen LogP contribution in [0, 0.1) is 0 Å². The van der Waals surface area contributed by atoms with Gasteiger partial charge in [0, 0.05) is 30.1 Å². The fourth-order valence-corrected chi connectivity index (χ4v) is 3.86. The topological polar surface area (TPSA) is 44.9 Å². The summed E-state index contributed by atoms with van der Waals surface area (Å²) >= 11 is 0. The van der Waals surface area contributed by atoms with E-state index in [9.17, 15) is 4.79 Å². The number of benzene rings is 1. The molecule has 0 spiro atoms. The van der Waals surface area contributed by atoms with Crippen molar-refractivity contribution < 1.29 is 4.79 Å². The van der Waals surface area contributed by atoms with Crippen molar-refractivity contribution in [2.45, 2.75) is 90.4 Å². The summed E-state index contributed by atoms with van der Waals surface area (Å²) in [6.07, 6.45) is 26.1. The molecule has 0 atom stereocenters. The molecule has 170 valence electrons. The SMILES string of the molecule is CCCCC/C=C/C/C=C/CCCCCCCC(=O)NCCc1c[nH]c2ccccc12. The third-order valence-corrected chi connectivity index (χ3v) is 5.75. The molecule has 1 heterocycles. The van der Waals surface area contributed by atoms with E-state index in [1.54, 1.807) is 0 Å². The van der Waals surface area contributed by atoms with Crippen LogP contribution in [0.2, 0.25) is 0 Å². The number of carbonyl (C=O) groups excluding carboxylic acids is 1. The number of carbonyl (C=O) groups is 1. The van der Waals surface area contributed by atoms with Crippen LogP contribution in [0.5, 0.6) is 0 Å². The Bertz CT molecular complexity index is 787. The van der Waals surface area contributed by atoms with Crippen molar-refractivity contribution in [2.75, 3.05) is 6.54 Å². The van der Waals surface area contributed by atoms with Crippen molar-refractivity contribution in [1.82, 2.24) is 10.3 Å². The average Bonchev–Trinajstić information content (AvgIpc) is 3.19. The number of hydrogen-bond donors (Lipinski definition) is 2. The van der Waals surface area contributed by atoms with Crippen LogP contribution in [0.15, 0.2) is 54.8 Å². The molecular weight excluding hydrogens is 380 g/mol. The first-order chi connectivity index (χ1) is 15.3. The zero-order valence-corrected chi connectivity index (χ0v) is 19.5. The maximum atomic E-state index is 12.0. The molecule has 0 aliphatic rings. The highest BCUT2D eigenvalue weighted by molar-refractivity contribution is 5.83. The van der Waals surface area contributed by atoms with Gasteiger partial charge < -0.3 is 10.3 Å². The zero-order valence-electron chi connectivity index (χ0n) is 19.5. The Morgan fingerprint density at radius 3 is 2.42 bits per heavy atom. The molecular formula is C28H42N2O. The van der Waals surface area contributed by atoms with E-state index in [-0.39, 0.29) is 5.91 Å². The van der Waals surface area contributed by atoms with E-state index in [4.69, 9.17) is 0 Å². The summed E-state index contributed by atoms with van der Waals surface area (Å²) in [7, 11) is 0. The van der Waals surface area contributed by atoms with Crippen LogP contribution in [0.4, 0.5) is 0 Å². The standard InChI is InChI=1S/C28H42N2O/c1-2-3-4-5-6-7-8-9-10-11-12-13-14-15-16-21-28(31)29-23-22-25-24-30-27-20-18-17-19-26(25)27/h6-7,9-10,17-20,24,30H,2-5,8,11-16,21-23H2,1H3,(H,29,31)/b7-6+,10-9+. The fourth-order valence-electron chi connectivity index (χ4n) is 3.86. The quantitative estimate of drug-likeness (QED) is 0.200. The number of para-hydroxylation sites is 1. The third kappa shape index (κ3) is 11.1. The molecule has 0 saturated carbocycles. The number of hydrogen-bond acceptors (Lipinski definition) is 1. The Kier molecular flexibility index (Phi) is 13.2. The summed E-state index contributed by atoms with van der Waals surface area (Å²) in [4.78, 5) is 15.3. The average molecular weight is 423 g/mol. The minimum atomic E-state index is 0.186. The number of H-pyrrole nitrogens is 1. The molecule has 0 unspecified atom stereocenters. The second-order valence-electron chi connectivity index (χ2n) is 8.44. The van der Waals surface area contributed by atoms with Crippen molar-refractivity contribution in [1.29, 1.82) is 0 Å². The van der Waals surface area contributed by atoms with Gasteiger partial charge in [0.25, 0.3) is 0 Å². The second-order valence-corrected chi connectivity index (χ2v) is 8.44. The van der Waals surface area contributed by atoms with E-state index in [0.717, 1.165) is 31.2 Å². The highest BCUT2D eigenvalue weighted by atomic mass is 16.1. The number of amides is 1.